The molecule has 0 unspecified atom stereocenters. The molecule has 2 rings (SSSR count). The van der Waals surface area contributed by atoms with Crippen LogP contribution in [0.25, 0.3) is 0 Å². The van der Waals surface area contributed by atoms with Crippen LogP contribution in [0.3, 0.4) is 0 Å². The maximum atomic E-state index is 13.0. The zero-order valence-electron chi connectivity index (χ0n) is 80.9. The molecule has 0 bridgehead atoms. The van der Waals surface area contributed by atoms with Gasteiger partial charge in [0.05, 0.1) is 58.5 Å². The van der Waals surface area contributed by atoms with Crippen molar-refractivity contribution >= 4 is 81.9 Å². The minimum atomic E-state index is -4.84. The Bertz CT molecular complexity index is 2950. The van der Waals surface area contributed by atoms with Crippen LogP contribution in [0.15, 0.2) is 94.8 Å². The maximum absolute atomic E-state index is 13.0. The molecule has 0 aliphatic carbocycles. The summed E-state index contributed by atoms with van der Waals surface area (Å²) < 4.78 is 91.7. The van der Waals surface area contributed by atoms with Gasteiger partial charge in [-0.1, -0.05) is 487 Å². The van der Waals surface area contributed by atoms with Crippen molar-refractivity contribution in [3.63, 3.8) is 0 Å². The van der Waals surface area contributed by atoms with Gasteiger partial charge >= 0.3 is 61.6 Å². The van der Waals surface area contributed by atoms with Gasteiger partial charge in [0.15, 0.2) is 0 Å². The molecule has 716 valence electrons. The van der Waals surface area contributed by atoms with Crippen molar-refractivity contribution in [3.8, 4) is 0 Å². The average Bonchev–Trinajstić information content (AvgIpc) is 0.812. The maximum Gasteiger partial charge on any atom is 2.00 e. The summed E-state index contributed by atoms with van der Waals surface area (Å²) in [5.41, 5.74) is -0.809. The standard InChI is InChI=1S/2C54H94O7S.Ca/c2*1-3-5-7-9-11-13-15-17-19-21-23-25-27-29-31-33-35-37-39-41-43-47-60-53(55)51-46-45-50(62(57,58)59)49-52(51)54(56)61-48-44-42-40-38-36-34-32-30-28-26-24-22-20-18-16-14-12-10-8-6-4-2;/h2*39-42,45-46,49H,3-38,43-44,47-48H2,1-2H3,(H,57,58,59);/q;;+2/p-2/b2*41-39+,42-40+;. The Morgan fingerprint density at radius 1 is 0.216 bits per heavy atom. The second kappa shape index (κ2) is 92.2. The summed E-state index contributed by atoms with van der Waals surface area (Å²) in [4.78, 5) is 50.6. The molecule has 0 saturated carbocycles. The van der Waals surface area contributed by atoms with E-state index in [1.54, 1.807) is 0 Å². The number of benzene rings is 2. The smallest absolute Gasteiger partial charge is 0.744 e. The summed E-state index contributed by atoms with van der Waals surface area (Å²) in [6.45, 7) is 9.48. The van der Waals surface area contributed by atoms with Crippen LogP contribution in [0.5, 0.6) is 0 Å². The SMILES string of the molecule is CCCCCCCCCCCCCCCCCCC/C=C/CCOC(=O)c1ccc(S(=O)(=O)[O-])cc1C(=O)OCC/C=C/CCCCCCCCCCCCCCCCCCC.CCCCCCCCCCCCCCCCCCC/C=C/CCOC(=O)c1ccc(S(=O)(=O)[O-])cc1C(=O)OCC/C=C/CCCCCCCCCCCCCCCCCCC.[Ca+2]. The molecular formula is C108H186CaO14S2. The molecule has 0 N–H and O–H groups in total. The van der Waals surface area contributed by atoms with Gasteiger partial charge in [-0.3, -0.25) is 0 Å². The Hall–Kier alpha value is -3.64. The molecule has 0 atom stereocenters. The number of hydrogen-bond donors (Lipinski definition) is 0. The normalized spacial score (nSPS) is 11.8. The van der Waals surface area contributed by atoms with Gasteiger partial charge in [-0.25, -0.2) is 36.0 Å². The number of hydrogen-bond acceptors (Lipinski definition) is 14. The fourth-order valence-electron chi connectivity index (χ4n) is 16.1. The van der Waals surface area contributed by atoms with E-state index >= 15 is 0 Å². The van der Waals surface area contributed by atoms with E-state index in [1.807, 2.05) is 24.3 Å². The summed E-state index contributed by atoms with van der Waals surface area (Å²) in [7, 11) is -9.67. The van der Waals surface area contributed by atoms with Gasteiger partial charge in [-0.15, -0.1) is 0 Å². The van der Waals surface area contributed by atoms with Crippen molar-refractivity contribution in [3.05, 3.63) is 107 Å². The predicted octanol–water partition coefficient (Wildman–Crippen LogP) is 33.4. The van der Waals surface area contributed by atoms with E-state index in [0.717, 1.165) is 87.8 Å². The Morgan fingerprint density at radius 3 is 0.504 bits per heavy atom. The quantitative estimate of drug-likeness (QED) is 0.0150. The van der Waals surface area contributed by atoms with Gasteiger partial charge < -0.3 is 28.1 Å². The van der Waals surface area contributed by atoms with Crippen molar-refractivity contribution in [2.45, 2.75) is 525 Å². The second-order valence-corrected chi connectivity index (χ2v) is 38.4. The van der Waals surface area contributed by atoms with Crippen LogP contribution in [-0.2, 0) is 39.2 Å². The predicted molar refractivity (Wildman–Crippen MR) is 526 cm³/mol. The molecule has 17 heteroatoms. The van der Waals surface area contributed by atoms with E-state index in [9.17, 15) is 45.1 Å². The zero-order valence-corrected chi connectivity index (χ0v) is 84.7. The van der Waals surface area contributed by atoms with Gasteiger partial charge in [0.25, 0.3) is 0 Å². The Kier molecular flexibility index (Phi) is 89.5. The number of carbonyl (C=O) groups excluding carboxylic acids is 4. The van der Waals surface area contributed by atoms with Crippen LogP contribution < -0.4 is 0 Å². The van der Waals surface area contributed by atoms with Crippen molar-refractivity contribution < 1.29 is 64.1 Å². The largest absolute Gasteiger partial charge is 2.00 e. The van der Waals surface area contributed by atoms with Gasteiger partial charge in [-0.2, -0.15) is 0 Å². The molecule has 14 nitrogen and oxygen atoms in total. The first-order valence-corrected chi connectivity index (χ1v) is 54.9. The van der Waals surface area contributed by atoms with Crippen molar-refractivity contribution in [2.24, 2.45) is 0 Å². The summed E-state index contributed by atoms with van der Waals surface area (Å²) in [5, 5.41) is 0. The molecule has 0 aliphatic heterocycles. The molecule has 0 radical (unpaired) electrons. The molecule has 0 saturated heterocycles. The summed E-state index contributed by atoms with van der Waals surface area (Å²) in [5.74, 6) is -3.25. The Labute approximate surface area is 798 Å². The van der Waals surface area contributed by atoms with Crippen LogP contribution in [-0.4, -0.2) is 114 Å². The zero-order chi connectivity index (χ0) is 90.1. The molecule has 0 aliphatic rings. The first-order valence-electron chi connectivity index (χ1n) is 52.1. The van der Waals surface area contributed by atoms with Gasteiger partial charge in [0.1, 0.15) is 20.2 Å². The second-order valence-electron chi connectivity index (χ2n) is 35.7. The van der Waals surface area contributed by atoms with Gasteiger partial charge in [-0.05, 0) is 113 Å². The van der Waals surface area contributed by atoms with Gasteiger partial charge in [0.2, 0.25) is 0 Å². The minimum Gasteiger partial charge on any atom is -0.744 e. The number of carbonyl (C=O) groups is 4. The molecule has 2 aromatic rings. The van der Waals surface area contributed by atoms with E-state index in [4.69, 9.17) is 18.9 Å². The van der Waals surface area contributed by atoms with Crippen LogP contribution in [0.4, 0.5) is 0 Å². The van der Waals surface area contributed by atoms with Crippen molar-refractivity contribution in [1.29, 1.82) is 0 Å². The molecule has 0 heterocycles. The summed E-state index contributed by atoms with van der Waals surface area (Å²) in [6, 6.07) is 6.17. The number of ether oxygens (including phenoxy) is 4. The molecule has 0 fully saturated rings. The summed E-state index contributed by atoms with van der Waals surface area (Å²) in [6.07, 6.45) is 114. The van der Waals surface area contributed by atoms with Gasteiger partial charge in [0, 0.05) is 0 Å². The minimum absolute atomic E-state index is 0. The molecule has 2 aromatic carbocycles. The first kappa shape index (κ1) is 121. The van der Waals surface area contributed by atoms with E-state index in [0.29, 0.717) is 25.7 Å². The molecular weight excluding hydrogens is 1630 g/mol. The molecule has 0 spiro atoms. The number of unbranched alkanes of at least 4 members (excludes halogenated alkanes) is 68. The van der Waals surface area contributed by atoms with Crippen LogP contribution in [0.1, 0.15) is 557 Å². The summed E-state index contributed by atoms with van der Waals surface area (Å²) >= 11 is 0. The Balaban J connectivity index is 0.00000244. The number of allylic oxidation sites excluding steroid dienone is 4. The average molecular weight is 1810 g/mol. The van der Waals surface area contributed by atoms with E-state index < -0.39 is 53.9 Å². The van der Waals surface area contributed by atoms with E-state index in [2.05, 4.69) is 52.0 Å². The van der Waals surface area contributed by atoms with E-state index in [-0.39, 0.29) is 86.4 Å². The fourth-order valence-corrected chi connectivity index (χ4v) is 17.1. The molecule has 0 aromatic heterocycles. The monoisotopic (exact) mass is 1810 g/mol. The van der Waals surface area contributed by atoms with Crippen molar-refractivity contribution in [2.75, 3.05) is 26.4 Å². The van der Waals surface area contributed by atoms with E-state index in [1.165, 1.54) is 411 Å². The fraction of sp³-hybridized carbons (Fsp3) is 0.778. The topological polar surface area (TPSA) is 220 Å². The number of rotatable bonds is 90. The first-order chi connectivity index (χ1) is 60.6. The third-order valence-electron chi connectivity index (χ3n) is 24.1. The third-order valence-corrected chi connectivity index (χ3v) is 25.7. The van der Waals surface area contributed by atoms with Crippen LogP contribution in [0, 0.1) is 0 Å². The van der Waals surface area contributed by atoms with Crippen LogP contribution >= 0.6 is 0 Å². The molecule has 125 heavy (non-hydrogen) atoms. The third kappa shape index (κ3) is 78.7. The number of esters is 4. The van der Waals surface area contributed by atoms with Crippen molar-refractivity contribution in [1.82, 2.24) is 0 Å². The van der Waals surface area contributed by atoms with Crippen LogP contribution in [0.2, 0.25) is 0 Å². The molecule has 0 amide bonds. The Morgan fingerprint density at radius 2 is 0.352 bits per heavy atom.